The number of benzene rings is 2. The summed E-state index contributed by atoms with van der Waals surface area (Å²) < 4.78 is 16.2. The van der Waals surface area contributed by atoms with E-state index in [9.17, 15) is 4.79 Å². The van der Waals surface area contributed by atoms with E-state index >= 15 is 0 Å². The molecule has 2 heterocycles. The molecule has 1 aliphatic rings. The molecule has 0 bridgehead atoms. The molecule has 7 heteroatoms. The fourth-order valence-electron chi connectivity index (χ4n) is 3.56. The van der Waals surface area contributed by atoms with Crippen LogP contribution in [0.1, 0.15) is 33.3 Å². The smallest absolute Gasteiger partial charge is 0.274 e. The van der Waals surface area contributed by atoms with E-state index in [1.807, 2.05) is 47.8 Å². The molecule has 0 saturated carbocycles. The maximum atomic E-state index is 13.6. The molecule has 1 amide bonds. The maximum absolute atomic E-state index is 13.6. The highest BCUT2D eigenvalue weighted by molar-refractivity contribution is 7.12. The minimum Gasteiger partial charge on any atom is -0.493 e. The topological polar surface area (TPSA) is 60.4 Å². The third-order valence-electron chi connectivity index (χ3n) is 5.02. The van der Waals surface area contributed by atoms with Gasteiger partial charge in [0.2, 0.25) is 5.75 Å². The van der Waals surface area contributed by atoms with Gasteiger partial charge in [0.15, 0.2) is 11.5 Å². The second kappa shape index (κ2) is 8.59. The highest BCUT2D eigenvalue weighted by Gasteiger charge is 2.34. The molecule has 3 aromatic rings. The van der Waals surface area contributed by atoms with Gasteiger partial charge in [0, 0.05) is 12.0 Å². The molecule has 0 aliphatic carbocycles. The molecule has 4 rings (SSSR count). The van der Waals surface area contributed by atoms with Gasteiger partial charge in [0.25, 0.3) is 5.91 Å². The van der Waals surface area contributed by atoms with Gasteiger partial charge < -0.3 is 14.2 Å². The summed E-state index contributed by atoms with van der Waals surface area (Å²) >= 11 is 1.62. The van der Waals surface area contributed by atoms with E-state index in [1.54, 1.807) is 28.5 Å². The Bertz CT molecular complexity index is 1040. The molecule has 6 nitrogen and oxygen atoms in total. The zero-order valence-electron chi connectivity index (χ0n) is 17.0. The lowest BCUT2D eigenvalue weighted by molar-refractivity contribution is 0.0710. The molecule has 2 aromatic carbocycles. The Morgan fingerprint density at radius 2 is 1.70 bits per heavy atom. The van der Waals surface area contributed by atoms with Crippen molar-refractivity contribution < 1.29 is 19.0 Å². The third kappa shape index (κ3) is 3.64. The molecular formula is C23H22N2O4S. The Morgan fingerprint density at radius 3 is 2.27 bits per heavy atom. The van der Waals surface area contributed by atoms with E-state index in [0.717, 1.165) is 16.2 Å². The Labute approximate surface area is 179 Å². The Morgan fingerprint density at radius 1 is 1.00 bits per heavy atom. The lowest BCUT2D eigenvalue weighted by atomic mass is 10.0. The summed E-state index contributed by atoms with van der Waals surface area (Å²) in [7, 11) is 4.59. The Kier molecular flexibility index (Phi) is 5.72. The number of methoxy groups -OCH3 is 3. The van der Waals surface area contributed by atoms with Crippen molar-refractivity contribution in [3.8, 4) is 17.2 Å². The number of hydrogen-bond acceptors (Lipinski definition) is 6. The van der Waals surface area contributed by atoms with Crippen molar-refractivity contribution in [2.75, 3.05) is 21.3 Å². The fourth-order valence-corrected chi connectivity index (χ4v) is 4.28. The quantitative estimate of drug-likeness (QED) is 0.574. The second-order valence-electron chi connectivity index (χ2n) is 6.72. The van der Waals surface area contributed by atoms with Crippen molar-refractivity contribution in [1.29, 1.82) is 0 Å². The average molecular weight is 423 g/mol. The highest BCUT2D eigenvalue weighted by atomic mass is 32.1. The van der Waals surface area contributed by atoms with Crippen molar-refractivity contribution >= 4 is 23.0 Å². The standard InChI is InChI=1S/C23H22N2O4S/c1-27-19-12-16(13-20(28-2)22(19)29-3)23(26)25-18(15-8-5-4-6-9-15)14-17(24-25)21-10-7-11-30-21/h4-13,18H,14H2,1-3H3/t18-/m0/s1. The number of ether oxygens (including phenoxy) is 3. The van der Waals surface area contributed by atoms with Gasteiger partial charge in [-0.05, 0) is 29.1 Å². The zero-order chi connectivity index (χ0) is 21.1. The van der Waals surface area contributed by atoms with Crippen LogP contribution in [0.15, 0.2) is 65.1 Å². The lowest BCUT2D eigenvalue weighted by Crippen LogP contribution is -2.27. The number of carbonyl (C=O) groups excluding carboxylic acids is 1. The summed E-state index contributed by atoms with van der Waals surface area (Å²) in [4.78, 5) is 14.6. The first kappa shape index (κ1) is 20.0. The predicted molar refractivity (Wildman–Crippen MR) is 117 cm³/mol. The monoisotopic (exact) mass is 422 g/mol. The third-order valence-corrected chi connectivity index (χ3v) is 5.94. The fraction of sp³-hybridized carbons (Fsp3) is 0.217. The summed E-state index contributed by atoms with van der Waals surface area (Å²) in [5, 5.41) is 8.29. The molecule has 1 atom stereocenters. The Hall–Kier alpha value is -3.32. The predicted octanol–water partition coefficient (Wildman–Crippen LogP) is 4.77. The zero-order valence-corrected chi connectivity index (χ0v) is 17.8. The maximum Gasteiger partial charge on any atom is 0.274 e. The van der Waals surface area contributed by atoms with Crippen molar-refractivity contribution in [3.05, 3.63) is 76.0 Å². The van der Waals surface area contributed by atoms with Gasteiger partial charge in [0.1, 0.15) is 0 Å². The number of thiophene rings is 1. The summed E-state index contributed by atoms with van der Waals surface area (Å²) in [5.74, 6) is 1.08. The van der Waals surface area contributed by atoms with Crippen LogP contribution in [0.2, 0.25) is 0 Å². The molecule has 0 radical (unpaired) electrons. The van der Waals surface area contributed by atoms with Crippen LogP contribution in [0.25, 0.3) is 0 Å². The van der Waals surface area contributed by atoms with Gasteiger partial charge in [-0.3, -0.25) is 4.79 Å². The van der Waals surface area contributed by atoms with Crippen molar-refractivity contribution in [1.82, 2.24) is 5.01 Å². The summed E-state index contributed by atoms with van der Waals surface area (Å²) in [5.41, 5.74) is 2.36. The Balaban J connectivity index is 1.76. The van der Waals surface area contributed by atoms with Crippen LogP contribution in [0.4, 0.5) is 0 Å². The molecule has 30 heavy (non-hydrogen) atoms. The molecule has 0 saturated heterocycles. The first-order valence-corrected chi connectivity index (χ1v) is 10.3. The molecule has 154 valence electrons. The molecule has 0 N–H and O–H groups in total. The van der Waals surface area contributed by atoms with Gasteiger partial charge in [-0.15, -0.1) is 11.3 Å². The number of amides is 1. The first-order chi connectivity index (χ1) is 14.7. The van der Waals surface area contributed by atoms with Gasteiger partial charge >= 0.3 is 0 Å². The van der Waals surface area contributed by atoms with E-state index in [-0.39, 0.29) is 11.9 Å². The number of nitrogens with zero attached hydrogens (tertiary/aromatic N) is 2. The van der Waals surface area contributed by atoms with Gasteiger partial charge in [-0.1, -0.05) is 36.4 Å². The molecule has 1 aliphatic heterocycles. The summed E-state index contributed by atoms with van der Waals surface area (Å²) in [6, 6.07) is 17.1. The highest BCUT2D eigenvalue weighted by Crippen LogP contribution is 2.40. The number of hydrogen-bond donors (Lipinski definition) is 0. The van der Waals surface area contributed by atoms with E-state index in [2.05, 4.69) is 0 Å². The van der Waals surface area contributed by atoms with E-state index in [1.165, 1.54) is 21.3 Å². The second-order valence-corrected chi connectivity index (χ2v) is 7.67. The SMILES string of the molecule is COc1cc(C(=O)N2N=C(c3cccs3)C[C@H]2c2ccccc2)cc(OC)c1OC. The number of rotatable bonds is 6. The van der Waals surface area contributed by atoms with E-state index in [0.29, 0.717) is 29.2 Å². The van der Waals surface area contributed by atoms with E-state index in [4.69, 9.17) is 19.3 Å². The van der Waals surface area contributed by atoms with Crippen molar-refractivity contribution in [2.45, 2.75) is 12.5 Å². The molecule has 0 fully saturated rings. The van der Waals surface area contributed by atoms with Crippen LogP contribution < -0.4 is 14.2 Å². The normalized spacial score (nSPS) is 15.6. The van der Waals surface area contributed by atoms with Gasteiger partial charge in [-0.25, -0.2) is 5.01 Å². The molecular weight excluding hydrogens is 400 g/mol. The molecule has 0 spiro atoms. The molecule has 1 aromatic heterocycles. The van der Waals surface area contributed by atoms with Crippen LogP contribution >= 0.6 is 11.3 Å². The summed E-state index contributed by atoms with van der Waals surface area (Å²) in [6.45, 7) is 0. The van der Waals surface area contributed by atoms with Crippen LogP contribution in [0.3, 0.4) is 0 Å². The number of hydrazone groups is 1. The van der Waals surface area contributed by atoms with Crippen molar-refractivity contribution in [2.24, 2.45) is 5.10 Å². The minimum absolute atomic E-state index is 0.185. The van der Waals surface area contributed by atoms with Crippen molar-refractivity contribution in [3.63, 3.8) is 0 Å². The lowest BCUT2D eigenvalue weighted by Gasteiger charge is -2.23. The van der Waals surface area contributed by atoms with E-state index < -0.39 is 0 Å². The molecule has 0 unspecified atom stereocenters. The largest absolute Gasteiger partial charge is 0.493 e. The van der Waals surface area contributed by atoms with Crippen LogP contribution in [0.5, 0.6) is 17.2 Å². The number of carbonyl (C=O) groups is 1. The van der Waals surface area contributed by atoms with Crippen LogP contribution in [-0.4, -0.2) is 38.0 Å². The van der Waals surface area contributed by atoms with Gasteiger partial charge in [-0.2, -0.15) is 5.10 Å². The van der Waals surface area contributed by atoms with Crippen LogP contribution in [0, 0.1) is 0 Å². The summed E-state index contributed by atoms with van der Waals surface area (Å²) in [6.07, 6.45) is 0.653. The van der Waals surface area contributed by atoms with Crippen LogP contribution in [-0.2, 0) is 0 Å². The first-order valence-electron chi connectivity index (χ1n) is 9.46. The van der Waals surface area contributed by atoms with Gasteiger partial charge in [0.05, 0.1) is 38.0 Å². The average Bonchev–Trinajstić information content (AvgIpc) is 3.48. The minimum atomic E-state index is -0.227.